The van der Waals surface area contributed by atoms with Gasteiger partial charge in [0, 0.05) is 18.3 Å². The van der Waals surface area contributed by atoms with Crippen molar-refractivity contribution in [3.8, 4) is 0 Å². The van der Waals surface area contributed by atoms with Gasteiger partial charge in [-0.15, -0.1) is 0 Å². The Labute approximate surface area is 121 Å². The molecule has 0 aromatic carbocycles. The molecule has 0 radical (unpaired) electrons. The molecule has 108 valence electrons. The van der Waals surface area contributed by atoms with Gasteiger partial charge in [-0.2, -0.15) is 0 Å². The van der Waals surface area contributed by atoms with Crippen LogP contribution in [0.3, 0.4) is 0 Å². The van der Waals surface area contributed by atoms with Gasteiger partial charge in [-0.3, -0.25) is 4.79 Å². The monoisotopic (exact) mass is 304 g/mol. The number of amides is 2. The lowest BCUT2D eigenvalue weighted by atomic mass is 10.2. The van der Waals surface area contributed by atoms with Crippen LogP contribution in [0.2, 0.25) is 0 Å². The second-order valence-corrected chi connectivity index (χ2v) is 6.48. The minimum absolute atomic E-state index is 0.201. The third-order valence-corrected chi connectivity index (χ3v) is 5.00. The molecule has 0 saturated carbocycles. The Bertz CT molecular complexity index is 324. The van der Waals surface area contributed by atoms with E-state index < -0.39 is 0 Å². The Morgan fingerprint density at radius 2 is 2.05 bits per heavy atom. The van der Waals surface area contributed by atoms with E-state index in [1.807, 2.05) is 10.8 Å². The lowest BCUT2D eigenvalue weighted by Gasteiger charge is -2.08. The molecule has 0 fully saturated rings. The maximum atomic E-state index is 11.3. The summed E-state index contributed by atoms with van der Waals surface area (Å²) in [6.07, 6.45) is 5.65. The van der Waals surface area contributed by atoms with Gasteiger partial charge in [-0.1, -0.05) is 34.1 Å². The lowest BCUT2D eigenvalue weighted by molar-refractivity contribution is -0.140. The molecule has 0 spiro atoms. The van der Waals surface area contributed by atoms with Crippen molar-refractivity contribution in [3.63, 3.8) is 0 Å². The van der Waals surface area contributed by atoms with Crippen LogP contribution in [-0.2, 0) is 9.53 Å². The first-order valence-electron chi connectivity index (χ1n) is 6.29. The molecule has 1 heterocycles. The molecular weight excluding hydrogens is 284 g/mol. The molecule has 7 heteroatoms. The van der Waals surface area contributed by atoms with Crippen LogP contribution in [0.1, 0.15) is 25.7 Å². The van der Waals surface area contributed by atoms with Gasteiger partial charge in [0.15, 0.2) is 0 Å². The zero-order valence-corrected chi connectivity index (χ0v) is 12.6. The standard InChI is InChI=1S/C12H20N2O3S2/c1-17-11(15)5-8-14-12(16)13-7-3-2-4-10-6-9-18-19-10/h6,9-10H,2-5,7-8H2,1H3,(H2,13,14,16). The zero-order chi connectivity index (χ0) is 13.9. The van der Waals surface area contributed by atoms with Crippen LogP contribution in [0.25, 0.3) is 0 Å². The van der Waals surface area contributed by atoms with Crippen LogP contribution < -0.4 is 10.6 Å². The molecule has 19 heavy (non-hydrogen) atoms. The molecule has 1 aliphatic heterocycles. The number of hydrogen-bond donors (Lipinski definition) is 2. The minimum atomic E-state index is -0.319. The Morgan fingerprint density at radius 3 is 2.74 bits per heavy atom. The number of urea groups is 1. The largest absolute Gasteiger partial charge is 0.469 e. The molecule has 0 aromatic rings. The maximum Gasteiger partial charge on any atom is 0.314 e. The van der Waals surface area contributed by atoms with Gasteiger partial charge in [0.2, 0.25) is 0 Å². The zero-order valence-electron chi connectivity index (χ0n) is 11.0. The van der Waals surface area contributed by atoms with Crippen molar-refractivity contribution in [2.45, 2.75) is 30.9 Å². The summed E-state index contributed by atoms with van der Waals surface area (Å²) in [6.45, 7) is 0.970. The molecule has 1 aliphatic rings. The summed E-state index contributed by atoms with van der Waals surface area (Å²) >= 11 is 0. The second-order valence-electron chi connectivity index (χ2n) is 4.06. The number of esters is 1. The summed E-state index contributed by atoms with van der Waals surface area (Å²) in [4.78, 5) is 22.2. The number of carbonyl (C=O) groups is 2. The Hall–Kier alpha value is -0.820. The number of unbranched alkanes of at least 4 members (excludes halogenated alkanes) is 1. The van der Waals surface area contributed by atoms with E-state index in [2.05, 4.69) is 26.9 Å². The average molecular weight is 304 g/mol. The number of carbonyl (C=O) groups excluding carboxylic acids is 2. The fraction of sp³-hybridized carbons (Fsp3) is 0.667. The molecule has 0 aromatic heterocycles. The highest BCUT2D eigenvalue weighted by Gasteiger charge is 2.09. The van der Waals surface area contributed by atoms with E-state index in [4.69, 9.17) is 0 Å². The average Bonchev–Trinajstić information content (AvgIpc) is 2.91. The van der Waals surface area contributed by atoms with Gasteiger partial charge in [0.1, 0.15) is 0 Å². The van der Waals surface area contributed by atoms with Crippen LogP contribution in [0, 0.1) is 0 Å². The second kappa shape index (κ2) is 10.0. The normalized spacial score (nSPS) is 17.2. The van der Waals surface area contributed by atoms with E-state index in [1.165, 1.54) is 7.11 Å². The first-order valence-corrected chi connectivity index (χ1v) is 8.57. The van der Waals surface area contributed by atoms with Crippen LogP contribution in [0.15, 0.2) is 11.5 Å². The lowest BCUT2D eigenvalue weighted by Crippen LogP contribution is -2.37. The smallest absolute Gasteiger partial charge is 0.314 e. The highest BCUT2D eigenvalue weighted by Crippen LogP contribution is 2.37. The van der Waals surface area contributed by atoms with Gasteiger partial charge in [-0.05, 0) is 18.2 Å². The summed E-state index contributed by atoms with van der Waals surface area (Å²) in [5, 5.41) is 8.13. The Balaban J connectivity index is 1.89. The van der Waals surface area contributed by atoms with E-state index in [9.17, 15) is 9.59 Å². The van der Waals surface area contributed by atoms with E-state index in [1.54, 1.807) is 10.8 Å². The molecule has 1 rings (SSSR count). The molecule has 1 unspecified atom stereocenters. The van der Waals surface area contributed by atoms with Crippen LogP contribution >= 0.6 is 21.6 Å². The minimum Gasteiger partial charge on any atom is -0.469 e. The number of nitrogens with one attached hydrogen (secondary N) is 2. The van der Waals surface area contributed by atoms with Crippen molar-refractivity contribution in [2.75, 3.05) is 20.2 Å². The number of ether oxygens (including phenoxy) is 1. The van der Waals surface area contributed by atoms with Crippen molar-refractivity contribution in [1.82, 2.24) is 10.6 Å². The van der Waals surface area contributed by atoms with Crippen LogP contribution in [0.4, 0.5) is 4.79 Å². The topological polar surface area (TPSA) is 67.4 Å². The van der Waals surface area contributed by atoms with Crippen molar-refractivity contribution in [2.24, 2.45) is 0 Å². The van der Waals surface area contributed by atoms with Gasteiger partial charge in [0.25, 0.3) is 0 Å². The quantitative estimate of drug-likeness (QED) is 0.409. The fourth-order valence-corrected chi connectivity index (χ4v) is 3.77. The fourth-order valence-electron chi connectivity index (χ4n) is 1.51. The van der Waals surface area contributed by atoms with Gasteiger partial charge in [-0.25, -0.2) is 4.79 Å². The molecule has 1 atom stereocenters. The third-order valence-electron chi connectivity index (χ3n) is 2.57. The molecular formula is C12H20N2O3S2. The predicted molar refractivity (Wildman–Crippen MR) is 80.0 cm³/mol. The first-order chi connectivity index (χ1) is 9.22. The van der Waals surface area contributed by atoms with E-state index in [0.717, 1.165) is 19.3 Å². The highest BCUT2D eigenvalue weighted by atomic mass is 33.1. The molecule has 5 nitrogen and oxygen atoms in total. The van der Waals surface area contributed by atoms with Crippen LogP contribution in [0.5, 0.6) is 0 Å². The third kappa shape index (κ3) is 8.05. The highest BCUT2D eigenvalue weighted by molar-refractivity contribution is 8.78. The van der Waals surface area contributed by atoms with Gasteiger partial charge in [0.05, 0.1) is 13.5 Å². The van der Waals surface area contributed by atoms with Crippen LogP contribution in [-0.4, -0.2) is 37.4 Å². The summed E-state index contributed by atoms with van der Waals surface area (Å²) in [5.41, 5.74) is 0. The molecule has 2 amide bonds. The Kier molecular flexibility index (Phi) is 8.57. The maximum absolute atomic E-state index is 11.3. The van der Waals surface area contributed by atoms with Gasteiger partial charge < -0.3 is 15.4 Å². The number of rotatable bonds is 8. The van der Waals surface area contributed by atoms with Crippen molar-refractivity contribution < 1.29 is 14.3 Å². The summed E-state index contributed by atoms with van der Waals surface area (Å²) < 4.78 is 4.47. The number of methoxy groups -OCH3 is 1. The van der Waals surface area contributed by atoms with Crippen molar-refractivity contribution in [1.29, 1.82) is 0 Å². The van der Waals surface area contributed by atoms with E-state index in [0.29, 0.717) is 18.3 Å². The molecule has 0 aliphatic carbocycles. The summed E-state index contributed by atoms with van der Waals surface area (Å²) in [7, 11) is 5.00. The first kappa shape index (κ1) is 16.2. The van der Waals surface area contributed by atoms with Gasteiger partial charge >= 0.3 is 12.0 Å². The summed E-state index contributed by atoms with van der Waals surface area (Å²) in [5.74, 6) is -0.319. The van der Waals surface area contributed by atoms with E-state index in [-0.39, 0.29) is 18.4 Å². The molecule has 2 N–H and O–H groups in total. The summed E-state index contributed by atoms with van der Waals surface area (Å²) in [6, 6.07) is -0.227. The Morgan fingerprint density at radius 1 is 1.26 bits per heavy atom. The molecule has 0 bridgehead atoms. The molecule has 0 saturated heterocycles. The van der Waals surface area contributed by atoms with Crippen molar-refractivity contribution >= 4 is 33.6 Å². The number of hydrogen-bond acceptors (Lipinski definition) is 5. The SMILES string of the molecule is COC(=O)CCNC(=O)NCCCCC1C=CSS1. The predicted octanol–water partition coefficient (Wildman–Crippen LogP) is 2.30. The van der Waals surface area contributed by atoms with E-state index >= 15 is 0 Å². The van der Waals surface area contributed by atoms with Crippen molar-refractivity contribution in [3.05, 3.63) is 11.5 Å².